The fraction of sp³-hybridized carbons (Fsp3) is 0.429. The van der Waals surface area contributed by atoms with E-state index in [1.54, 1.807) is 6.20 Å². The second kappa shape index (κ2) is 10.2. The second-order valence-corrected chi connectivity index (χ2v) is 10.2. The average molecular weight is 487 g/mol. The molecular formula is C28H34N6O2. The second-order valence-electron chi connectivity index (χ2n) is 10.2. The lowest BCUT2D eigenvalue weighted by Crippen LogP contribution is -2.36. The molecule has 8 heteroatoms. The van der Waals surface area contributed by atoms with Crippen LogP contribution in [0.4, 0.5) is 5.82 Å². The van der Waals surface area contributed by atoms with Gasteiger partial charge in [0.15, 0.2) is 0 Å². The number of rotatable bonds is 7. The highest BCUT2D eigenvalue weighted by atomic mass is 16.6. The molecule has 3 aromatic rings. The van der Waals surface area contributed by atoms with Crippen molar-refractivity contribution in [3.63, 3.8) is 0 Å². The molecule has 0 bridgehead atoms. The number of nitrogens with zero attached hydrogens (tertiary/aromatic N) is 4. The normalized spacial score (nSPS) is 21.5. The molecule has 1 fully saturated rings. The van der Waals surface area contributed by atoms with Gasteiger partial charge in [-0.1, -0.05) is 11.2 Å². The number of pyridine rings is 1. The molecule has 2 aliphatic rings. The first-order valence-corrected chi connectivity index (χ1v) is 12.7. The molecule has 5 rings (SSSR count). The van der Waals surface area contributed by atoms with E-state index < -0.39 is 5.41 Å². The number of hydrogen-bond donors (Lipinski definition) is 2. The maximum absolute atomic E-state index is 6.38. The van der Waals surface area contributed by atoms with E-state index in [4.69, 9.17) is 21.0 Å². The van der Waals surface area contributed by atoms with Gasteiger partial charge in [-0.25, -0.2) is 9.97 Å². The number of nitrogen functional groups attached to an aromatic ring is 1. The molecule has 0 atom stereocenters. The third-order valence-corrected chi connectivity index (χ3v) is 7.20. The molecule has 2 heterocycles. The molecule has 0 amide bonds. The van der Waals surface area contributed by atoms with Crippen molar-refractivity contribution in [1.82, 2.24) is 15.0 Å². The Bertz CT molecular complexity index is 1240. The number of anilines is 1. The molecule has 1 saturated carbocycles. The van der Waals surface area contributed by atoms with Gasteiger partial charge in [0.05, 0.1) is 17.5 Å². The van der Waals surface area contributed by atoms with Crippen LogP contribution in [0, 0.1) is 0 Å². The molecule has 1 aromatic carbocycles. The van der Waals surface area contributed by atoms with Gasteiger partial charge in [-0.2, -0.15) is 0 Å². The lowest BCUT2D eigenvalue weighted by molar-refractivity contribution is 0.140. The van der Waals surface area contributed by atoms with Crippen LogP contribution in [-0.4, -0.2) is 39.4 Å². The van der Waals surface area contributed by atoms with Crippen LogP contribution in [0.5, 0.6) is 5.75 Å². The summed E-state index contributed by atoms with van der Waals surface area (Å²) >= 11 is 0. The highest BCUT2D eigenvalue weighted by Gasteiger charge is 2.41. The highest BCUT2D eigenvalue weighted by molar-refractivity contribution is 6.15. The minimum Gasteiger partial charge on any atom is -0.490 e. The van der Waals surface area contributed by atoms with Gasteiger partial charge >= 0.3 is 0 Å². The first-order valence-electron chi connectivity index (χ1n) is 12.7. The van der Waals surface area contributed by atoms with Gasteiger partial charge in [0.1, 0.15) is 24.5 Å². The summed E-state index contributed by atoms with van der Waals surface area (Å²) < 4.78 is 6.38. The lowest BCUT2D eigenvalue weighted by atomic mass is 9.70. The van der Waals surface area contributed by atoms with Crippen molar-refractivity contribution in [3.8, 4) is 17.0 Å². The van der Waals surface area contributed by atoms with Crippen LogP contribution in [0.25, 0.3) is 11.3 Å². The van der Waals surface area contributed by atoms with E-state index in [1.807, 2.05) is 24.4 Å². The molecular weight excluding hydrogens is 452 g/mol. The molecule has 8 nitrogen and oxygen atoms in total. The Morgan fingerprint density at radius 2 is 1.92 bits per heavy atom. The molecule has 0 aliphatic heterocycles. The van der Waals surface area contributed by atoms with E-state index in [-0.39, 0.29) is 12.1 Å². The molecule has 0 unspecified atom stereocenters. The number of oxime groups is 1. The Morgan fingerprint density at radius 1 is 1.08 bits per heavy atom. The fourth-order valence-electron chi connectivity index (χ4n) is 5.23. The maximum atomic E-state index is 6.38. The topological polar surface area (TPSA) is 122 Å². The fourth-order valence-corrected chi connectivity index (χ4v) is 5.23. The van der Waals surface area contributed by atoms with Gasteiger partial charge in [-0.15, -0.1) is 0 Å². The summed E-state index contributed by atoms with van der Waals surface area (Å²) in [7, 11) is 0. The Morgan fingerprint density at radius 3 is 2.69 bits per heavy atom. The van der Waals surface area contributed by atoms with Crippen LogP contribution < -0.4 is 16.2 Å². The summed E-state index contributed by atoms with van der Waals surface area (Å²) in [5.74, 6) is 1.28. The third kappa shape index (κ3) is 4.91. The highest BCUT2D eigenvalue weighted by Crippen LogP contribution is 2.45. The summed E-state index contributed by atoms with van der Waals surface area (Å²) in [6.07, 6.45) is 11.0. The average Bonchev–Trinajstić information content (AvgIpc) is 2.87. The van der Waals surface area contributed by atoms with Gasteiger partial charge < -0.3 is 21.0 Å². The number of aromatic nitrogens is 3. The predicted molar refractivity (Wildman–Crippen MR) is 141 cm³/mol. The van der Waals surface area contributed by atoms with Crippen molar-refractivity contribution in [3.05, 3.63) is 65.7 Å². The molecule has 0 radical (unpaired) electrons. The maximum Gasteiger partial charge on any atom is 0.131 e. The van der Waals surface area contributed by atoms with E-state index in [0.29, 0.717) is 12.4 Å². The SMILES string of the molecule is CC1(C)/C(=N/OCCCc2cccnc2)c2cc(O[C@H]3CC[C@@H](N)CC3)ccc2-c2ncnc(N)c21. The van der Waals surface area contributed by atoms with Crippen molar-refractivity contribution >= 4 is 11.5 Å². The molecule has 2 aromatic heterocycles. The Kier molecular flexibility index (Phi) is 6.87. The van der Waals surface area contributed by atoms with Gasteiger partial charge in [-0.05, 0) is 82.2 Å². The van der Waals surface area contributed by atoms with Crippen LogP contribution in [0.1, 0.15) is 62.6 Å². The summed E-state index contributed by atoms with van der Waals surface area (Å²) in [5.41, 5.74) is 17.5. The lowest BCUT2D eigenvalue weighted by Gasteiger charge is -2.35. The van der Waals surface area contributed by atoms with Crippen molar-refractivity contribution in [2.75, 3.05) is 12.3 Å². The zero-order chi connectivity index (χ0) is 25.1. The molecule has 188 valence electrons. The van der Waals surface area contributed by atoms with Crippen molar-refractivity contribution in [1.29, 1.82) is 0 Å². The smallest absolute Gasteiger partial charge is 0.131 e. The monoisotopic (exact) mass is 486 g/mol. The quantitative estimate of drug-likeness (QED) is 0.375. The predicted octanol–water partition coefficient (Wildman–Crippen LogP) is 4.41. The minimum absolute atomic E-state index is 0.175. The van der Waals surface area contributed by atoms with Crippen LogP contribution in [0.2, 0.25) is 0 Å². The zero-order valence-corrected chi connectivity index (χ0v) is 21.0. The molecule has 4 N–H and O–H groups in total. The van der Waals surface area contributed by atoms with Crippen LogP contribution >= 0.6 is 0 Å². The van der Waals surface area contributed by atoms with Gasteiger partial charge in [-0.3, -0.25) is 4.98 Å². The summed E-state index contributed by atoms with van der Waals surface area (Å²) in [6, 6.07) is 10.4. The molecule has 0 saturated heterocycles. The summed E-state index contributed by atoms with van der Waals surface area (Å²) in [5, 5.41) is 4.66. The van der Waals surface area contributed by atoms with Crippen LogP contribution in [0.3, 0.4) is 0 Å². The Hall–Kier alpha value is -3.52. The van der Waals surface area contributed by atoms with Crippen molar-refractivity contribution in [2.45, 2.75) is 69.9 Å². The van der Waals surface area contributed by atoms with Crippen LogP contribution in [0.15, 0.2) is 54.2 Å². The van der Waals surface area contributed by atoms with Gasteiger partial charge in [0.2, 0.25) is 0 Å². The number of aryl methyl sites for hydroxylation is 1. The van der Waals surface area contributed by atoms with Crippen LogP contribution in [-0.2, 0) is 16.7 Å². The van der Waals surface area contributed by atoms with E-state index in [0.717, 1.165) is 72.4 Å². The van der Waals surface area contributed by atoms with E-state index in [1.165, 1.54) is 11.9 Å². The molecule has 2 aliphatic carbocycles. The standard InChI is InChI=1S/C28H34N6O2/c1-28(2)24-25(32-17-33-27(24)30)22-12-11-21(36-20-9-7-19(29)8-10-20)15-23(22)26(28)34-35-14-4-6-18-5-3-13-31-16-18/h3,5,11-13,15-17,19-20H,4,6-10,14,29H2,1-2H3,(H2,30,32,33)/b34-26+/t19-,20+. The first kappa shape index (κ1) is 24.2. The number of ether oxygens (including phenoxy) is 1. The number of benzene rings is 1. The number of fused-ring (bicyclic) bond motifs is 3. The van der Waals surface area contributed by atoms with E-state index in [9.17, 15) is 0 Å². The molecule has 36 heavy (non-hydrogen) atoms. The molecule has 0 spiro atoms. The summed E-state index contributed by atoms with van der Waals surface area (Å²) in [6.45, 7) is 4.67. The first-order chi connectivity index (χ1) is 17.4. The minimum atomic E-state index is -0.548. The van der Waals surface area contributed by atoms with E-state index >= 15 is 0 Å². The van der Waals surface area contributed by atoms with Crippen molar-refractivity contribution < 1.29 is 9.57 Å². The number of hydrogen-bond acceptors (Lipinski definition) is 8. The van der Waals surface area contributed by atoms with Gasteiger partial charge in [0, 0.05) is 40.5 Å². The zero-order valence-electron chi connectivity index (χ0n) is 21.0. The summed E-state index contributed by atoms with van der Waals surface area (Å²) in [4.78, 5) is 18.9. The third-order valence-electron chi connectivity index (χ3n) is 7.20. The Balaban J connectivity index is 1.42. The Labute approximate surface area is 212 Å². The van der Waals surface area contributed by atoms with Gasteiger partial charge in [0.25, 0.3) is 0 Å². The van der Waals surface area contributed by atoms with E-state index in [2.05, 4.69) is 46.1 Å². The number of nitrogens with two attached hydrogens (primary N) is 2. The largest absolute Gasteiger partial charge is 0.490 e. The van der Waals surface area contributed by atoms with Crippen molar-refractivity contribution in [2.24, 2.45) is 10.9 Å².